The Kier molecular flexibility index (Phi) is 8.63. The zero-order valence-electron chi connectivity index (χ0n) is 17.9. The van der Waals surface area contributed by atoms with Crippen LogP contribution in [0, 0.1) is 17.2 Å². The van der Waals surface area contributed by atoms with Gasteiger partial charge in [0.1, 0.15) is 0 Å². The van der Waals surface area contributed by atoms with E-state index >= 15 is 0 Å². The van der Waals surface area contributed by atoms with Crippen LogP contribution in [0.2, 0.25) is 10.0 Å². The Hall–Kier alpha value is -1.53. The van der Waals surface area contributed by atoms with Crippen LogP contribution in [0.4, 0.5) is 0 Å². The monoisotopic (exact) mass is 442 g/mol. The van der Waals surface area contributed by atoms with Crippen LogP contribution in [-0.4, -0.2) is 25.0 Å². The van der Waals surface area contributed by atoms with Crippen LogP contribution < -0.4 is 0 Å². The summed E-state index contributed by atoms with van der Waals surface area (Å²) in [5.74, 6) is 0.392. The molecule has 1 unspecified atom stereocenters. The molecule has 2 aromatic rings. The van der Waals surface area contributed by atoms with Gasteiger partial charge in [0.25, 0.3) is 0 Å². The van der Waals surface area contributed by atoms with Gasteiger partial charge in [0.05, 0.1) is 21.5 Å². The molecule has 1 fully saturated rings. The van der Waals surface area contributed by atoms with E-state index in [0.717, 1.165) is 50.8 Å². The summed E-state index contributed by atoms with van der Waals surface area (Å²) >= 11 is 12.5. The third-order valence-corrected chi connectivity index (χ3v) is 7.41. The lowest BCUT2D eigenvalue weighted by molar-refractivity contribution is 0.224. The van der Waals surface area contributed by atoms with E-state index in [2.05, 4.69) is 48.3 Å². The highest BCUT2D eigenvalue weighted by atomic mass is 35.5. The Morgan fingerprint density at radius 1 is 1.00 bits per heavy atom. The number of halogens is 2. The van der Waals surface area contributed by atoms with Crippen LogP contribution in [0.1, 0.15) is 56.1 Å². The molecular weight excluding hydrogens is 411 g/mol. The van der Waals surface area contributed by atoms with Gasteiger partial charge >= 0.3 is 0 Å². The number of nitriles is 1. The van der Waals surface area contributed by atoms with Crippen LogP contribution in [-0.2, 0) is 11.8 Å². The molecule has 0 aromatic heterocycles. The molecule has 30 heavy (non-hydrogen) atoms. The van der Waals surface area contributed by atoms with E-state index in [-0.39, 0.29) is 0 Å². The number of hydrogen-bond acceptors (Lipinski definition) is 2. The molecule has 0 N–H and O–H groups in total. The fourth-order valence-corrected chi connectivity index (χ4v) is 5.17. The molecule has 0 spiro atoms. The highest BCUT2D eigenvalue weighted by Gasteiger charge is 2.41. The molecule has 0 heterocycles. The van der Waals surface area contributed by atoms with Crippen LogP contribution in [0.15, 0.2) is 48.5 Å². The normalized spacial score (nSPS) is 16.9. The highest BCUT2D eigenvalue weighted by Crippen LogP contribution is 2.45. The Morgan fingerprint density at radius 2 is 1.73 bits per heavy atom. The third kappa shape index (κ3) is 5.79. The molecular formula is C26H32Cl2N2. The van der Waals surface area contributed by atoms with Crippen molar-refractivity contribution in [3.63, 3.8) is 0 Å². The van der Waals surface area contributed by atoms with E-state index in [1.165, 1.54) is 24.8 Å². The molecule has 1 aliphatic carbocycles. The van der Waals surface area contributed by atoms with Gasteiger partial charge in [0.2, 0.25) is 0 Å². The van der Waals surface area contributed by atoms with Crippen molar-refractivity contribution in [1.82, 2.24) is 4.90 Å². The summed E-state index contributed by atoms with van der Waals surface area (Å²) in [6.45, 7) is 2.02. The Bertz CT molecular complexity index is 840. The summed E-state index contributed by atoms with van der Waals surface area (Å²) in [7, 11) is 2.18. The van der Waals surface area contributed by atoms with E-state index in [1.807, 2.05) is 18.2 Å². The Balaban J connectivity index is 1.67. The molecule has 1 saturated carbocycles. The van der Waals surface area contributed by atoms with E-state index in [9.17, 15) is 5.26 Å². The third-order valence-electron chi connectivity index (χ3n) is 6.67. The largest absolute Gasteiger partial charge is 0.306 e. The molecule has 0 saturated heterocycles. The average Bonchev–Trinajstić information content (AvgIpc) is 2.79. The van der Waals surface area contributed by atoms with Gasteiger partial charge in [-0.05, 0) is 74.9 Å². The quantitative estimate of drug-likeness (QED) is 0.407. The van der Waals surface area contributed by atoms with Gasteiger partial charge in [0.15, 0.2) is 0 Å². The molecule has 1 atom stereocenters. The number of hydrogen-bond donors (Lipinski definition) is 0. The van der Waals surface area contributed by atoms with Gasteiger partial charge in [-0.2, -0.15) is 5.26 Å². The maximum atomic E-state index is 10.4. The lowest BCUT2D eigenvalue weighted by atomic mass is 9.63. The van der Waals surface area contributed by atoms with Crippen molar-refractivity contribution in [2.24, 2.45) is 5.92 Å². The van der Waals surface area contributed by atoms with Crippen molar-refractivity contribution in [3.8, 4) is 6.07 Å². The maximum Gasteiger partial charge on any atom is 0.0851 e. The topological polar surface area (TPSA) is 27.0 Å². The summed E-state index contributed by atoms with van der Waals surface area (Å²) in [5, 5.41) is 11.5. The lowest BCUT2D eigenvalue weighted by Crippen LogP contribution is -2.36. The average molecular weight is 443 g/mol. The SMILES string of the molecule is CN(CCCC(C#N)(c1ccc(Cl)c(Cl)c1)C1CCCCC1)CCc1ccccc1. The Morgan fingerprint density at radius 3 is 2.40 bits per heavy atom. The second-order valence-electron chi connectivity index (χ2n) is 8.69. The zero-order chi connectivity index (χ0) is 21.4. The van der Waals surface area contributed by atoms with Crippen molar-refractivity contribution < 1.29 is 0 Å². The van der Waals surface area contributed by atoms with Crippen LogP contribution >= 0.6 is 23.2 Å². The highest BCUT2D eigenvalue weighted by molar-refractivity contribution is 6.42. The lowest BCUT2D eigenvalue weighted by Gasteiger charge is -2.38. The molecule has 0 radical (unpaired) electrons. The summed E-state index contributed by atoms with van der Waals surface area (Å²) in [4.78, 5) is 2.38. The fourth-order valence-electron chi connectivity index (χ4n) is 4.87. The van der Waals surface area contributed by atoms with Crippen LogP contribution in [0.5, 0.6) is 0 Å². The predicted molar refractivity (Wildman–Crippen MR) is 127 cm³/mol. The minimum Gasteiger partial charge on any atom is -0.306 e. The predicted octanol–water partition coefficient (Wildman–Crippen LogP) is 7.29. The molecule has 2 nitrogen and oxygen atoms in total. The van der Waals surface area contributed by atoms with Crippen LogP contribution in [0.3, 0.4) is 0 Å². The molecule has 0 amide bonds. The maximum absolute atomic E-state index is 10.4. The van der Waals surface area contributed by atoms with Crippen molar-refractivity contribution in [2.75, 3.05) is 20.1 Å². The molecule has 4 heteroatoms. The molecule has 0 bridgehead atoms. The number of likely N-dealkylation sites (N-methyl/N-ethyl adjacent to an activating group) is 1. The number of rotatable bonds is 9. The summed E-state index contributed by atoms with van der Waals surface area (Å²) < 4.78 is 0. The summed E-state index contributed by atoms with van der Waals surface area (Å²) in [5.41, 5.74) is 1.93. The molecule has 1 aliphatic rings. The van der Waals surface area contributed by atoms with E-state index < -0.39 is 5.41 Å². The first-order valence-corrected chi connectivity index (χ1v) is 11.9. The van der Waals surface area contributed by atoms with Gasteiger partial charge < -0.3 is 4.90 Å². The van der Waals surface area contributed by atoms with Gasteiger partial charge in [-0.25, -0.2) is 0 Å². The van der Waals surface area contributed by atoms with Gasteiger partial charge in [-0.1, -0.05) is 78.9 Å². The van der Waals surface area contributed by atoms with Crippen molar-refractivity contribution in [2.45, 2.75) is 56.8 Å². The van der Waals surface area contributed by atoms with Gasteiger partial charge in [-0.3, -0.25) is 0 Å². The summed E-state index contributed by atoms with van der Waals surface area (Å²) in [6, 6.07) is 19.2. The fraction of sp³-hybridized carbons (Fsp3) is 0.500. The molecule has 2 aromatic carbocycles. The molecule has 160 valence electrons. The first-order valence-electron chi connectivity index (χ1n) is 11.1. The Labute approximate surface area is 191 Å². The van der Waals surface area contributed by atoms with E-state index in [4.69, 9.17) is 23.2 Å². The van der Waals surface area contributed by atoms with Crippen molar-refractivity contribution in [1.29, 1.82) is 5.26 Å². The van der Waals surface area contributed by atoms with E-state index in [0.29, 0.717) is 16.0 Å². The second-order valence-corrected chi connectivity index (χ2v) is 9.50. The first kappa shape index (κ1) is 23.1. The standard InChI is InChI=1S/C26H32Cl2N2/c1-30(18-15-21-9-4-2-5-10-21)17-8-16-26(20-29,22-11-6-3-7-12-22)23-13-14-24(27)25(28)19-23/h2,4-5,9-10,13-14,19,22H,3,6-8,11-12,15-18H2,1H3. The van der Waals surface area contributed by atoms with Gasteiger partial charge in [-0.15, -0.1) is 0 Å². The van der Waals surface area contributed by atoms with Crippen molar-refractivity contribution in [3.05, 3.63) is 69.7 Å². The zero-order valence-corrected chi connectivity index (χ0v) is 19.4. The minimum absolute atomic E-state index is 0.392. The smallest absolute Gasteiger partial charge is 0.0851 e. The second kappa shape index (κ2) is 11.2. The minimum atomic E-state index is -0.477. The molecule has 3 rings (SSSR count). The first-order chi connectivity index (χ1) is 14.5. The van der Waals surface area contributed by atoms with Crippen molar-refractivity contribution >= 4 is 23.2 Å². The summed E-state index contributed by atoms with van der Waals surface area (Å²) in [6.07, 6.45) is 8.86. The number of nitrogens with zero attached hydrogens (tertiary/aromatic N) is 2. The molecule has 0 aliphatic heterocycles. The van der Waals surface area contributed by atoms with Gasteiger partial charge in [0, 0.05) is 6.54 Å². The van der Waals surface area contributed by atoms with E-state index in [1.54, 1.807) is 0 Å². The van der Waals surface area contributed by atoms with Crippen LogP contribution in [0.25, 0.3) is 0 Å². The number of benzene rings is 2.